The number of anilines is 2. The first-order valence-electron chi connectivity index (χ1n) is 9.41. The van der Waals surface area contributed by atoms with Gasteiger partial charge in [-0.3, -0.25) is 14.4 Å². The SMILES string of the molecule is CSc1ccc(N2CC(C(=O)Nc3ccc(CC(=O)N(C)C)cc3)CC2=O)cc1. The number of hydrogen-bond acceptors (Lipinski definition) is 4. The van der Waals surface area contributed by atoms with Crippen LogP contribution < -0.4 is 10.2 Å². The fraction of sp³-hybridized carbons (Fsp3) is 0.318. The van der Waals surface area contributed by atoms with E-state index in [9.17, 15) is 14.4 Å². The van der Waals surface area contributed by atoms with Gasteiger partial charge in [-0.1, -0.05) is 12.1 Å². The molecule has 1 aliphatic rings. The van der Waals surface area contributed by atoms with Gasteiger partial charge in [0.1, 0.15) is 0 Å². The van der Waals surface area contributed by atoms with E-state index in [1.165, 1.54) is 0 Å². The van der Waals surface area contributed by atoms with Crippen LogP contribution in [0.15, 0.2) is 53.4 Å². The second-order valence-electron chi connectivity index (χ2n) is 7.25. The molecule has 152 valence electrons. The number of nitrogens with one attached hydrogen (secondary N) is 1. The van der Waals surface area contributed by atoms with E-state index in [0.29, 0.717) is 18.7 Å². The monoisotopic (exact) mass is 411 g/mol. The zero-order chi connectivity index (χ0) is 21.0. The van der Waals surface area contributed by atoms with E-state index in [0.717, 1.165) is 16.1 Å². The van der Waals surface area contributed by atoms with Crippen molar-refractivity contribution in [3.8, 4) is 0 Å². The van der Waals surface area contributed by atoms with E-state index >= 15 is 0 Å². The van der Waals surface area contributed by atoms with Gasteiger partial charge >= 0.3 is 0 Å². The Balaban J connectivity index is 1.59. The Morgan fingerprint density at radius 3 is 2.34 bits per heavy atom. The molecule has 6 nitrogen and oxygen atoms in total. The fourth-order valence-corrected chi connectivity index (χ4v) is 3.59. The summed E-state index contributed by atoms with van der Waals surface area (Å²) in [5, 5.41) is 2.88. The molecular formula is C22H25N3O3S. The van der Waals surface area contributed by atoms with Crippen molar-refractivity contribution in [1.29, 1.82) is 0 Å². The number of amides is 3. The van der Waals surface area contributed by atoms with Crippen LogP contribution in [0, 0.1) is 5.92 Å². The van der Waals surface area contributed by atoms with Crippen molar-refractivity contribution in [2.45, 2.75) is 17.7 Å². The van der Waals surface area contributed by atoms with E-state index < -0.39 is 5.92 Å². The first kappa shape index (κ1) is 20.9. The Bertz CT molecular complexity index is 895. The standard InChI is InChI=1S/C22H25N3O3S/c1-24(2)20(26)12-15-4-6-17(7-5-15)23-22(28)16-13-21(27)25(14-16)18-8-10-19(29-3)11-9-18/h4-11,16H,12-14H2,1-3H3,(H,23,28). The van der Waals surface area contributed by atoms with Gasteiger partial charge in [-0.15, -0.1) is 11.8 Å². The summed E-state index contributed by atoms with van der Waals surface area (Å²) in [6, 6.07) is 15.0. The first-order chi connectivity index (χ1) is 13.9. The normalized spacial score (nSPS) is 16.0. The summed E-state index contributed by atoms with van der Waals surface area (Å²) < 4.78 is 0. The highest BCUT2D eigenvalue weighted by Crippen LogP contribution is 2.28. The van der Waals surface area contributed by atoms with Crippen molar-refractivity contribution < 1.29 is 14.4 Å². The van der Waals surface area contributed by atoms with Crippen LogP contribution in [0.4, 0.5) is 11.4 Å². The zero-order valence-corrected chi connectivity index (χ0v) is 17.7. The van der Waals surface area contributed by atoms with Gasteiger partial charge in [0, 0.05) is 43.3 Å². The second-order valence-corrected chi connectivity index (χ2v) is 8.13. The molecule has 1 aliphatic heterocycles. The van der Waals surface area contributed by atoms with Crippen molar-refractivity contribution in [1.82, 2.24) is 4.90 Å². The minimum atomic E-state index is -0.391. The van der Waals surface area contributed by atoms with Crippen LogP contribution in [0.25, 0.3) is 0 Å². The number of thioether (sulfide) groups is 1. The number of likely N-dealkylation sites (N-methyl/N-ethyl adjacent to an activating group) is 1. The first-order valence-corrected chi connectivity index (χ1v) is 10.6. The Morgan fingerprint density at radius 2 is 1.76 bits per heavy atom. The van der Waals surface area contributed by atoms with Gasteiger partial charge in [0.15, 0.2) is 0 Å². The van der Waals surface area contributed by atoms with Crippen molar-refractivity contribution in [3.63, 3.8) is 0 Å². The summed E-state index contributed by atoms with van der Waals surface area (Å²) in [5.41, 5.74) is 2.36. The van der Waals surface area contributed by atoms with Gasteiger partial charge in [-0.05, 0) is 48.2 Å². The lowest BCUT2D eigenvalue weighted by atomic mass is 10.1. The largest absolute Gasteiger partial charge is 0.349 e. The molecule has 2 aromatic rings. The Kier molecular flexibility index (Phi) is 6.59. The molecule has 1 fully saturated rings. The number of nitrogens with zero attached hydrogens (tertiary/aromatic N) is 2. The summed E-state index contributed by atoms with van der Waals surface area (Å²) in [7, 11) is 3.44. The van der Waals surface area contributed by atoms with Gasteiger partial charge in [0.05, 0.1) is 12.3 Å². The predicted molar refractivity (Wildman–Crippen MR) is 116 cm³/mol. The van der Waals surface area contributed by atoms with Gasteiger partial charge < -0.3 is 15.1 Å². The fourth-order valence-electron chi connectivity index (χ4n) is 3.18. The Hall–Kier alpha value is -2.80. The third-order valence-corrected chi connectivity index (χ3v) is 5.70. The molecule has 2 aromatic carbocycles. The van der Waals surface area contributed by atoms with Crippen molar-refractivity contribution in [2.24, 2.45) is 5.92 Å². The van der Waals surface area contributed by atoms with Crippen molar-refractivity contribution in [3.05, 3.63) is 54.1 Å². The lowest BCUT2D eigenvalue weighted by molar-refractivity contribution is -0.128. The smallest absolute Gasteiger partial charge is 0.229 e. The average molecular weight is 412 g/mol. The summed E-state index contributed by atoms with van der Waals surface area (Å²) in [6.45, 7) is 0.374. The molecule has 1 saturated heterocycles. The van der Waals surface area contributed by atoms with Crippen LogP contribution in [0.2, 0.25) is 0 Å². The molecule has 0 aromatic heterocycles. The average Bonchev–Trinajstić information content (AvgIpc) is 3.11. The molecule has 1 N–H and O–H groups in total. The van der Waals surface area contributed by atoms with Crippen molar-refractivity contribution >= 4 is 40.9 Å². The third-order valence-electron chi connectivity index (χ3n) is 4.96. The van der Waals surface area contributed by atoms with E-state index in [4.69, 9.17) is 0 Å². The van der Waals surface area contributed by atoms with Gasteiger partial charge in [0.25, 0.3) is 0 Å². The molecule has 0 spiro atoms. The van der Waals surface area contributed by atoms with Crippen LogP contribution in [0.1, 0.15) is 12.0 Å². The quantitative estimate of drug-likeness (QED) is 0.742. The summed E-state index contributed by atoms with van der Waals surface area (Å²) in [5.74, 6) is -0.576. The van der Waals surface area contributed by atoms with Gasteiger partial charge in [-0.2, -0.15) is 0 Å². The second kappa shape index (κ2) is 9.13. The minimum absolute atomic E-state index is 0.0249. The van der Waals surface area contributed by atoms with Crippen molar-refractivity contribution in [2.75, 3.05) is 37.1 Å². The number of rotatable bonds is 6. The lowest BCUT2D eigenvalue weighted by Gasteiger charge is -2.17. The molecule has 1 unspecified atom stereocenters. The molecule has 3 amide bonds. The Labute approximate surface area is 175 Å². The van der Waals surface area contributed by atoms with Crippen LogP contribution >= 0.6 is 11.8 Å². The van der Waals surface area contributed by atoms with E-state index in [-0.39, 0.29) is 24.1 Å². The maximum atomic E-state index is 12.6. The topological polar surface area (TPSA) is 69.7 Å². The number of carbonyl (C=O) groups is 3. The number of hydrogen-bond donors (Lipinski definition) is 1. The maximum absolute atomic E-state index is 12.6. The molecular weight excluding hydrogens is 386 g/mol. The molecule has 7 heteroatoms. The van der Waals surface area contributed by atoms with Gasteiger partial charge in [0.2, 0.25) is 17.7 Å². The van der Waals surface area contributed by atoms with Gasteiger partial charge in [-0.25, -0.2) is 0 Å². The summed E-state index contributed by atoms with van der Waals surface area (Å²) in [4.78, 5) is 41.2. The highest BCUT2D eigenvalue weighted by molar-refractivity contribution is 7.98. The highest BCUT2D eigenvalue weighted by Gasteiger charge is 2.35. The predicted octanol–water partition coefficient (Wildman–Crippen LogP) is 3.03. The van der Waals surface area contributed by atoms with Crippen LogP contribution in [0.3, 0.4) is 0 Å². The molecule has 0 saturated carbocycles. The molecule has 0 radical (unpaired) electrons. The Morgan fingerprint density at radius 1 is 1.10 bits per heavy atom. The maximum Gasteiger partial charge on any atom is 0.229 e. The molecule has 1 atom stereocenters. The molecule has 0 aliphatic carbocycles. The molecule has 3 rings (SSSR count). The molecule has 29 heavy (non-hydrogen) atoms. The number of benzene rings is 2. The van der Waals surface area contributed by atoms with E-state index in [1.54, 1.807) is 47.8 Å². The van der Waals surface area contributed by atoms with Crippen LogP contribution in [-0.2, 0) is 20.8 Å². The van der Waals surface area contributed by atoms with Crippen LogP contribution in [-0.4, -0.2) is 49.5 Å². The third kappa shape index (κ3) is 5.17. The summed E-state index contributed by atoms with van der Waals surface area (Å²) in [6.07, 6.45) is 2.53. The van der Waals surface area contributed by atoms with E-state index in [1.807, 2.05) is 42.7 Å². The van der Waals surface area contributed by atoms with Crippen LogP contribution in [0.5, 0.6) is 0 Å². The summed E-state index contributed by atoms with van der Waals surface area (Å²) >= 11 is 1.64. The highest BCUT2D eigenvalue weighted by atomic mass is 32.2. The lowest BCUT2D eigenvalue weighted by Crippen LogP contribution is -2.28. The zero-order valence-electron chi connectivity index (χ0n) is 16.8. The minimum Gasteiger partial charge on any atom is -0.349 e. The molecule has 0 bridgehead atoms. The number of carbonyl (C=O) groups excluding carboxylic acids is 3. The molecule has 1 heterocycles. The van der Waals surface area contributed by atoms with E-state index in [2.05, 4.69) is 5.32 Å².